The first-order chi connectivity index (χ1) is 66.4. The van der Waals surface area contributed by atoms with E-state index >= 15 is 0 Å². The Morgan fingerprint density at radius 3 is 0.818 bits per heavy atom. The Hall–Kier alpha value is -12.7. The lowest BCUT2D eigenvalue weighted by Gasteiger charge is -2.23. The minimum Gasteiger partial charge on any atom is -0.383 e. The van der Waals surface area contributed by atoms with Crippen LogP contribution in [0.25, 0.3) is 101 Å². The Morgan fingerprint density at radius 2 is 0.547 bits per heavy atom. The van der Waals surface area contributed by atoms with Gasteiger partial charge in [0.1, 0.15) is 33.3 Å². The summed E-state index contributed by atoms with van der Waals surface area (Å²) < 4.78 is 50.7. The van der Waals surface area contributed by atoms with Crippen LogP contribution in [0.4, 0.5) is 43.7 Å². The van der Waals surface area contributed by atoms with Gasteiger partial charge in [0.05, 0.1) is 123 Å². The summed E-state index contributed by atoms with van der Waals surface area (Å²) in [6.45, 7) is 11.1. The predicted octanol–water partition coefficient (Wildman–Crippen LogP) is 9.70. The molecule has 6 fully saturated rings. The number of hydrogen-bond acceptors (Lipinski definition) is 31. The summed E-state index contributed by atoms with van der Waals surface area (Å²) in [5.74, 6) is 3.18. The van der Waals surface area contributed by atoms with E-state index in [0.717, 1.165) is 263 Å². The Labute approximate surface area is 813 Å². The maximum absolute atomic E-state index is 14.6. The largest absolute Gasteiger partial charge is 0.383 e. The summed E-state index contributed by atoms with van der Waals surface area (Å²) in [5.41, 5.74) is 56.5. The lowest BCUT2D eigenvalue weighted by atomic mass is 9.95. The number of piperidine rings is 4. The molecule has 0 amide bonds. The van der Waals surface area contributed by atoms with E-state index < -0.39 is 11.6 Å². The van der Waals surface area contributed by atoms with Gasteiger partial charge in [-0.15, -0.1) is 11.8 Å². The van der Waals surface area contributed by atoms with Crippen molar-refractivity contribution in [2.24, 2.45) is 42.3 Å². The van der Waals surface area contributed by atoms with Crippen molar-refractivity contribution in [3.8, 4) is 66.8 Å². The van der Waals surface area contributed by atoms with E-state index in [-0.39, 0.29) is 40.6 Å². The minimum atomic E-state index is -0.466. The Bertz CT molecular complexity index is 6560. The minimum absolute atomic E-state index is 0.00529. The maximum Gasteiger partial charge on any atom is 0.187 e. The second-order valence-corrected chi connectivity index (χ2v) is 38.4. The van der Waals surface area contributed by atoms with Crippen molar-refractivity contribution in [3.05, 3.63) is 176 Å². The van der Waals surface area contributed by atoms with E-state index in [1.165, 1.54) is 9.03 Å². The van der Waals surface area contributed by atoms with Crippen LogP contribution >= 0.6 is 66.8 Å². The fraction of sp³-hybridized carbons (Fsp3) is 0.386. The van der Waals surface area contributed by atoms with Crippen molar-refractivity contribution >= 4 is 136 Å². The fourth-order valence-corrected chi connectivity index (χ4v) is 21.1. The first-order valence-corrected chi connectivity index (χ1v) is 48.5. The van der Waals surface area contributed by atoms with Crippen LogP contribution < -0.4 is 66.3 Å². The molecule has 6 atom stereocenters. The molecular weight excluding hydrogens is 1950 g/mol. The van der Waals surface area contributed by atoms with Crippen molar-refractivity contribution in [1.29, 1.82) is 0 Å². The van der Waals surface area contributed by atoms with Gasteiger partial charge in [0, 0.05) is 227 Å². The first kappa shape index (κ1) is 93.3. The molecule has 6 aliphatic rings. The molecule has 6 saturated heterocycles. The number of nitrogens with one attached hydrogen (secondary N) is 6. The molecule has 24 rings (SSSR count). The van der Waals surface area contributed by atoms with Gasteiger partial charge in [-0.05, 0) is 122 Å². The monoisotopic (exact) mass is 2050 g/mol. The molecule has 6 unspecified atom stereocenters. The van der Waals surface area contributed by atoms with Crippen molar-refractivity contribution in [2.45, 2.75) is 92.6 Å². The topological polar surface area (TPSA) is 516 Å². The third kappa shape index (κ3) is 18.8. The Morgan fingerprint density at radius 1 is 0.299 bits per heavy atom. The Kier molecular flexibility index (Phi) is 27.3. The third-order valence-corrected chi connectivity index (χ3v) is 29.0. The lowest BCUT2D eigenvalue weighted by molar-refractivity contribution is 0.437. The van der Waals surface area contributed by atoms with Crippen LogP contribution in [0.1, 0.15) is 127 Å². The number of aromatic nitrogens is 30. The molecule has 18 aromatic heterocycles. The number of aryl methyl sites for hydroxylation is 6. The third-order valence-electron chi connectivity index (χ3n) is 25.4. The number of nitrogens with zero attached hydrogens (tertiary/aromatic N) is 30. The fourth-order valence-electron chi connectivity index (χ4n) is 18.2. The SMILES string of the molecule is Cn1cc(-c2cnn3c(N)c(Br)c(C4CCNC4)nc23)cn1.Cn1cc(-c2cnn3c(N)c(Br)c(C4CNCCS4)nc23)cn1.Cn1cc(-c2cnn3c(N)c(Cl)c(C4CCCNC4)nc23)cn1.Cn1cc(-c2cnn3c(N)c(Cl)c(C4CCCNC4)nc23)cn1.Cn1cc(-c2cnn3c(N)c(F)c(C4CCCNC4)nc23)cn1.Cn1cc(-c2cnn3c(N)c(F)c(C4CCCNC4)nc23)cn1. The second kappa shape index (κ2) is 40.2. The number of halogens is 6. The number of rotatable bonds is 12. The highest BCUT2D eigenvalue weighted by molar-refractivity contribution is 9.11. The average Bonchev–Trinajstić information content (AvgIpc) is 1.68. The molecule has 137 heavy (non-hydrogen) atoms. The van der Waals surface area contributed by atoms with Gasteiger partial charge in [0.2, 0.25) is 0 Å². The van der Waals surface area contributed by atoms with Crippen LogP contribution in [0.15, 0.2) is 120 Å². The van der Waals surface area contributed by atoms with Gasteiger partial charge in [0.15, 0.2) is 57.2 Å². The highest BCUT2D eigenvalue weighted by Gasteiger charge is 2.33. The summed E-state index contributed by atoms with van der Waals surface area (Å²) in [5, 5.41) is 72.5. The van der Waals surface area contributed by atoms with Crippen LogP contribution in [0, 0.1) is 11.6 Å². The van der Waals surface area contributed by atoms with Crippen molar-refractivity contribution in [2.75, 3.05) is 119 Å². The summed E-state index contributed by atoms with van der Waals surface area (Å²) >= 11 is 22.0. The molecule has 0 saturated carbocycles. The number of nitrogen functional groups attached to an aromatic ring is 6. The summed E-state index contributed by atoms with van der Waals surface area (Å²) in [6, 6.07) is 0. The molecule has 0 aliphatic carbocycles. The van der Waals surface area contributed by atoms with Gasteiger partial charge in [-0.3, -0.25) is 28.1 Å². The molecule has 0 spiro atoms. The molecular formula is C88H104Br2Cl2F2N42S. The van der Waals surface area contributed by atoms with E-state index in [2.05, 4.69) is 135 Å². The van der Waals surface area contributed by atoms with E-state index in [9.17, 15) is 8.78 Å². The molecule has 714 valence electrons. The van der Waals surface area contributed by atoms with Crippen LogP contribution in [-0.2, 0) is 42.3 Å². The predicted molar refractivity (Wildman–Crippen MR) is 531 cm³/mol. The summed E-state index contributed by atoms with van der Waals surface area (Å²) in [4.78, 5) is 28.5. The molecule has 24 heterocycles. The van der Waals surface area contributed by atoms with Gasteiger partial charge in [-0.25, -0.2) is 38.7 Å². The molecule has 42 nitrogen and oxygen atoms in total. The average molecular weight is 2050 g/mol. The quantitative estimate of drug-likeness (QED) is 0.0541. The zero-order valence-corrected chi connectivity index (χ0v) is 81.5. The van der Waals surface area contributed by atoms with Crippen molar-refractivity contribution < 1.29 is 8.78 Å². The molecule has 49 heteroatoms. The van der Waals surface area contributed by atoms with Crippen molar-refractivity contribution in [1.82, 2.24) is 178 Å². The van der Waals surface area contributed by atoms with Gasteiger partial charge < -0.3 is 66.3 Å². The zero-order chi connectivity index (χ0) is 95.1. The van der Waals surface area contributed by atoms with E-state index in [1.54, 1.807) is 108 Å². The number of nitrogens with two attached hydrogens (primary N) is 6. The highest BCUT2D eigenvalue weighted by atomic mass is 79.9. The second-order valence-electron chi connectivity index (χ2n) is 34.8. The van der Waals surface area contributed by atoms with Gasteiger partial charge in [0.25, 0.3) is 0 Å². The molecule has 6 aliphatic heterocycles. The number of fused-ring (bicyclic) bond motifs is 6. The molecule has 0 aromatic carbocycles. The molecule has 0 bridgehead atoms. The van der Waals surface area contributed by atoms with E-state index in [1.807, 2.05) is 104 Å². The standard InChI is InChI=1S/2C15H18ClN7.2C15H18FN7.C14H16BrN7S.C14H16BrN7/c4*1-22-8-10(6-19-22)11-7-20-23-14(17)12(16)13(21-15(11)23)9-3-2-4-18-5-9;1-21-7-8(4-18-21)9-5-19-22-13(16)11(15)12(20-14(9)22)10-6-17-2-3-23-10;1-21-7-9(5-18-21)10-6-19-22-13(16)11(15)12(20-14(10)22)8-2-3-17-4-8/h4*6-9,18H,2-5,17H2,1H3;4-5,7,10,17H,2-3,6,16H2,1H3;5-8,17H,2-4,16H2,1H3. The molecule has 18 N–H and O–H groups in total. The van der Waals surface area contributed by atoms with E-state index in [0.29, 0.717) is 61.9 Å². The lowest BCUT2D eigenvalue weighted by Crippen LogP contribution is -2.30. The zero-order valence-electron chi connectivity index (χ0n) is 76.0. The van der Waals surface area contributed by atoms with Crippen LogP contribution in [-0.4, -0.2) is 231 Å². The van der Waals surface area contributed by atoms with Gasteiger partial charge >= 0.3 is 0 Å². The van der Waals surface area contributed by atoms with E-state index in [4.69, 9.17) is 77.5 Å². The molecule has 18 aromatic rings. The van der Waals surface area contributed by atoms with Gasteiger partial charge in [-0.1, -0.05) is 23.2 Å². The normalized spacial score (nSPS) is 18.6. The molecule has 0 radical (unpaired) electrons. The number of thioether (sulfide) groups is 1. The summed E-state index contributed by atoms with van der Waals surface area (Å²) in [6.07, 6.45) is 41.9. The smallest absolute Gasteiger partial charge is 0.187 e. The van der Waals surface area contributed by atoms with Crippen LogP contribution in [0.2, 0.25) is 10.0 Å². The highest BCUT2D eigenvalue weighted by Crippen LogP contribution is 2.43. The number of hydrogen-bond donors (Lipinski definition) is 12. The number of anilines is 6. The maximum atomic E-state index is 14.6. The first-order valence-electron chi connectivity index (χ1n) is 45.1. The van der Waals surface area contributed by atoms with Crippen molar-refractivity contribution in [3.63, 3.8) is 0 Å². The van der Waals surface area contributed by atoms with Gasteiger partial charge in [-0.2, -0.15) is 88.3 Å². The van der Waals surface area contributed by atoms with Crippen LogP contribution in [0.3, 0.4) is 0 Å². The Balaban J connectivity index is 0.000000105. The van der Waals surface area contributed by atoms with Crippen LogP contribution in [0.5, 0.6) is 0 Å². The summed E-state index contributed by atoms with van der Waals surface area (Å²) in [7, 11) is 11.2.